The average Bonchev–Trinajstić information content (AvgIpc) is 2.68. The van der Waals surface area contributed by atoms with Crippen LogP contribution in [-0.4, -0.2) is 31.1 Å². The first-order chi connectivity index (χ1) is 12.5. The highest BCUT2D eigenvalue weighted by molar-refractivity contribution is 6.35. The fraction of sp³-hybridized carbons (Fsp3) is 0.158. The third kappa shape index (κ3) is 5.27. The van der Waals surface area contributed by atoms with Crippen LogP contribution < -0.4 is 10.7 Å². The van der Waals surface area contributed by atoms with Crippen LogP contribution in [-0.2, 0) is 14.3 Å². The van der Waals surface area contributed by atoms with Gasteiger partial charge in [-0.3, -0.25) is 9.59 Å². The van der Waals surface area contributed by atoms with Gasteiger partial charge in [0.05, 0.1) is 24.9 Å². The molecule has 0 aliphatic heterocycles. The number of carbonyl (C=O) groups excluding carboxylic acids is 3. The van der Waals surface area contributed by atoms with Crippen LogP contribution in [0.3, 0.4) is 0 Å². The topological polar surface area (TPSA) is 96.9 Å². The Kier molecular flexibility index (Phi) is 6.61. The molecular formula is C19H19N3O4. The van der Waals surface area contributed by atoms with E-state index in [-0.39, 0.29) is 6.04 Å². The Hall–Kier alpha value is -3.48. The molecule has 2 aromatic carbocycles. The number of ether oxygens (including phenoxy) is 1. The van der Waals surface area contributed by atoms with Gasteiger partial charge in [0.25, 0.3) is 0 Å². The molecule has 134 valence electrons. The van der Waals surface area contributed by atoms with E-state index in [0.717, 1.165) is 5.56 Å². The Morgan fingerprint density at radius 2 is 1.65 bits per heavy atom. The number of nitrogens with one attached hydrogen (secondary N) is 2. The molecule has 0 aliphatic rings. The number of hydrogen-bond acceptors (Lipinski definition) is 5. The van der Waals surface area contributed by atoms with Crippen molar-refractivity contribution in [2.24, 2.45) is 5.10 Å². The molecule has 2 rings (SSSR count). The van der Waals surface area contributed by atoms with Crippen molar-refractivity contribution in [3.63, 3.8) is 0 Å². The smallest absolute Gasteiger partial charge is 0.337 e. The fourth-order valence-electron chi connectivity index (χ4n) is 2.13. The highest BCUT2D eigenvalue weighted by atomic mass is 16.5. The maximum atomic E-state index is 11.9. The Morgan fingerprint density at radius 1 is 1.00 bits per heavy atom. The largest absolute Gasteiger partial charge is 0.465 e. The van der Waals surface area contributed by atoms with Crippen molar-refractivity contribution in [1.82, 2.24) is 10.7 Å². The monoisotopic (exact) mass is 353 g/mol. The molecule has 1 atom stereocenters. The molecule has 7 nitrogen and oxygen atoms in total. The molecule has 0 aromatic heterocycles. The van der Waals surface area contributed by atoms with E-state index in [0.29, 0.717) is 11.1 Å². The van der Waals surface area contributed by atoms with Crippen molar-refractivity contribution >= 4 is 24.0 Å². The van der Waals surface area contributed by atoms with Gasteiger partial charge in [0.1, 0.15) is 0 Å². The van der Waals surface area contributed by atoms with E-state index in [1.54, 1.807) is 31.2 Å². The van der Waals surface area contributed by atoms with Gasteiger partial charge < -0.3 is 10.1 Å². The summed E-state index contributed by atoms with van der Waals surface area (Å²) < 4.78 is 4.60. The zero-order chi connectivity index (χ0) is 18.9. The van der Waals surface area contributed by atoms with Crippen LogP contribution in [0.4, 0.5) is 0 Å². The number of nitrogens with zero attached hydrogens (tertiary/aromatic N) is 1. The molecule has 0 unspecified atom stereocenters. The summed E-state index contributed by atoms with van der Waals surface area (Å²) in [4.78, 5) is 35.0. The maximum Gasteiger partial charge on any atom is 0.337 e. The van der Waals surface area contributed by atoms with Gasteiger partial charge in [0, 0.05) is 0 Å². The molecule has 2 aromatic rings. The second-order valence-corrected chi connectivity index (χ2v) is 5.42. The van der Waals surface area contributed by atoms with Gasteiger partial charge >= 0.3 is 17.8 Å². The van der Waals surface area contributed by atoms with Crippen LogP contribution in [0.1, 0.15) is 34.5 Å². The summed E-state index contributed by atoms with van der Waals surface area (Å²) in [5.41, 5.74) is 4.11. The van der Waals surface area contributed by atoms with E-state index in [9.17, 15) is 14.4 Å². The maximum absolute atomic E-state index is 11.9. The lowest BCUT2D eigenvalue weighted by Crippen LogP contribution is -2.39. The molecule has 26 heavy (non-hydrogen) atoms. The van der Waals surface area contributed by atoms with Gasteiger partial charge in [-0.2, -0.15) is 5.10 Å². The molecule has 0 radical (unpaired) electrons. The summed E-state index contributed by atoms with van der Waals surface area (Å²) in [6.07, 6.45) is 1.37. The molecular weight excluding hydrogens is 334 g/mol. The van der Waals surface area contributed by atoms with Crippen LogP contribution in [0.15, 0.2) is 59.7 Å². The number of hydrazone groups is 1. The summed E-state index contributed by atoms with van der Waals surface area (Å²) in [7, 11) is 1.30. The Labute approximate surface area is 151 Å². The van der Waals surface area contributed by atoms with Crippen LogP contribution in [0.25, 0.3) is 0 Å². The van der Waals surface area contributed by atoms with Crippen molar-refractivity contribution in [3.05, 3.63) is 71.3 Å². The van der Waals surface area contributed by atoms with Gasteiger partial charge in [-0.15, -0.1) is 0 Å². The molecule has 0 saturated carbocycles. The van der Waals surface area contributed by atoms with Crippen LogP contribution >= 0.6 is 0 Å². The summed E-state index contributed by atoms with van der Waals surface area (Å²) in [6, 6.07) is 15.4. The molecule has 0 heterocycles. The van der Waals surface area contributed by atoms with E-state index in [1.165, 1.54) is 13.3 Å². The van der Waals surface area contributed by atoms with E-state index >= 15 is 0 Å². The first-order valence-electron chi connectivity index (χ1n) is 7.88. The summed E-state index contributed by atoms with van der Waals surface area (Å²) in [5.74, 6) is -2.08. The van der Waals surface area contributed by atoms with Crippen LogP contribution in [0.2, 0.25) is 0 Å². The van der Waals surface area contributed by atoms with Gasteiger partial charge in [-0.05, 0) is 30.2 Å². The first-order valence-corrected chi connectivity index (χ1v) is 7.88. The number of benzene rings is 2. The van der Waals surface area contributed by atoms with Crippen LogP contribution in [0.5, 0.6) is 0 Å². The SMILES string of the molecule is COC(=O)c1ccc(C=NNC(=O)C(=O)N[C@@H](C)c2ccccc2)cc1. The molecule has 0 aliphatic carbocycles. The number of methoxy groups -OCH3 is 1. The average molecular weight is 353 g/mol. The summed E-state index contributed by atoms with van der Waals surface area (Å²) >= 11 is 0. The number of hydrogen-bond donors (Lipinski definition) is 2. The zero-order valence-corrected chi connectivity index (χ0v) is 14.4. The molecule has 0 saturated heterocycles. The Bertz CT molecular complexity index is 801. The molecule has 2 N–H and O–H groups in total. The van der Waals surface area contributed by atoms with Gasteiger partial charge in [-0.1, -0.05) is 42.5 Å². The minimum absolute atomic E-state index is 0.302. The van der Waals surface area contributed by atoms with Crippen molar-refractivity contribution in [2.45, 2.75) is 13.0 Å². The number of rotatable bonds is 5. The lowest BCUT2D eigenvalue weighted by atomic mass is 10.1. The minimum atomic E-state index is -0.866. The predicted molar refractivity (Wildman–Crippen MR) is 96.5 cm³/mol. The number of amides is 2. The van der Waals surface area contributed by atoms with Gasteiger partial charge in [0.2, 0.25) is 0 Å². The predicted octanol–water partition coefficient (Wildman–Crippen LogP) is 1.80. The number of carbonyl (C=O) groups is 3. The molecule has 0 fully saturated rings. The second-order valence-electron chi connectivity index (χ2n) is 5.42. The highest BCUT2D eigenvalue weighted by Gasteiger charge is 2.16. The Balaban J connectivity index is 1.86. The van der Waals surface area contributed by atoms with E-state index in [1.807, 2.05) is 30.3 Å². The second kappa shape index (κ2) is 9.12. The standard InChI is InChI=1S/C19H19N3O4/c1-13(15-6-4-3-5-7-15)21-17(23)18(24)22-20-12-14-8-10-16(11-9-14)19(25)26-2/h3-13H,1-2H3,(H,21,23)(H,22,24)/t13-/m0/s1. The van der Waals surface area contributed by atoms with Gasteiger partial charge in [0.15, 0.2) is 0 Å². The lowest BCUT2D eigenvalue weighted by Gasteiger charge is -2.13. The Morgan fingerprint density at radius 3 is 2.27 bits per heavy atom. The van der Waals surface area contributed by atoms with Crippen molar-refractivity contribution < 1.29 is 19.1 Å². The molecule has 0 bridgehead atoms. The van der Waals surface area contributed by atoms with Crippen LogP contribution in [0, 0.1) is 0 Å². The fourth-order valence-corrected chi connectivity index (χ4v) is 2.13. The van der Waals surface area contributed by atoms with Gasteiger partial charge in [-0.25, -0.2) is 10.2 Å². The third-order valence-electron chi connectivity index (χ3n) is 3.56. The summed E-state index contributed by atoms with van der Waals surface area (Å²) in [5, 5.41) is 6.33. The first kappa shape index (κ1) is 18.9. The number of esters is 1. The minimum Gasteiger partial charge on any atom is -0.465 e. The van der Waals surface area contributed by atoms with E-state index < -0.39 is 17.8 Å². The van der Waals surface area contributed by atoms with E-state index in [4.69, 9.17) is 0 Å². The molecule has 2 amide bonds. The van der Waals surface area contributed by atoms with Crippen molar-refractivity contribution in [2.75, 3.05) is 7.11 Å². The third-order valence-corrected chi connectivity index (χ3v) is 3.56. The lowest BCUT2D eigenvalue weighted by molar-refractivity contribution is -0.139. The zero-order valence-electron chi connectivity index (χ0n) is 14.4. The molecule has 0 spiro atoms. The summed E-state index contributed by atoms with van der Waals surface area (Å²) in [6.45, 7) is 1.78. The quantitative estimate of drug-likeness (QED) is 0.371. The van der Waals surface area contributed by atoms with Crippen molar-refractivity contribution in [1.29, 1.82) is 0 Å². The normalized spacial score (nSPS) is 11.6. The molecule has 7 heteroatoms. The van der Waals surface area contributed by atoms with E-state index in [2.05, 4.69) is 20.6 Å². The van der Waals surface area contributed by atoms with Crippen molar-refractivity contribution in [3.8, 4) is 0 Å². The highest BCUT2D eigenvalue weighted by Crippen LogP contribution is 2.10.